The lowest BCUT2D eigenvalue weighted by atomic mass is 10.00. The second kappa shape index (κ2) is 8.87. The molecule has 5 rings (SSSR count). The topological polar surface area (TPSA) is 46.5 Å². The Morgan fingerprint density at radius 3 is 2.61 bits per heavy atom. The number of fused-ring (bicyclic) bond motifs is 3. The van der Waals surface area contributed by atoms with Gasteiger partial charge >= 0.3 is 6.03 Å². The maximum atomic E-state index is 13.7. The van der Waals surface area contributed by atoms with Crippen molar-refractivity contribution < 1.29 is 9.53 Å². The highest BCUT2D eigenvalue weighted by atomic mass is 16.5. The molecule has 1 unspecified atom stereocenters. The standard InChI is InChI=1S/C28H27N3O2/c1-3-20-13-15-21(16-14-20)27-26-12-7-17-30(26)25-11-5-4-8-22(25)19-31(27)28(32)29-23-9-6-10-24(18-23)33-2/h4-18,27H,3,19H2,1-2H3,(H,29,32). The summed E-state index contributed by atoms with van der Waals surface area (Å²) < 4.78 is 7.53. The van der Waals surface area contributed by atoms with E-state index in [0.29, 0.717) is 18.0 Å². The van der Waals surface area contributed by atoms with Crippen LogP contribution in [0.5, 0.6) is 5.75 Å². The number of urea groups is 1. The summed E-state index contributed by atoms with van der Waals surface area (Å²) in [6.07, 6.45) is 3.05. The molecule has 1 N–H and O–H groups in total. The first-order valence-corrected chi connectivity index (χ1v) is 11.2. The van der Waals surface area contributed by atoms with Gasteiger partial charge in [0.2, 0.25) is 0 Å². The van der Waals surface area contributed by atoms with E-state index in [1.807, 2.05) is 47.4 Å². The maximum Gasteiger partial charge on any atom is 0.322 e. The fourth-order valence-electron chi connectivity index (χ4n) is 4.52. The number of aromatic nitrogens is 1. The Hall–Kier alpha value is -3.99. The number of nitrogens with zero attached hydrogens (tertiary/aromatic N) is 2. The molecule has 166 valence electrons. The molecule has 5 heteroatoms. The Morgan fingerprint density at radius 1 is 1.00 bits per heavy atom. The molecule has 1 aromatic heterocycles. The average Bonchev–Trinajstić information content (AvgIpc) is 3.28. The fraction of sp³-hybridized carbons (Fsp3) is 0.179. The average molecular weight is 438 g/mol. The van der Waals surface area contributed by atoms with Gasteiger partial charge in [-0.1, -0.05) is 55.5 Å². The lowest BCUT2D eigenvalue weighted by Crippen LogP contribution is -2.37. The third-order valence-corrected chi connectivity index (χ3v) is 6.25. The predicted molar refractivity (Wildman–Crippen MR) is 131 cm³/mol. The third-order valence-electron chi connectivity index (χ3n) is 6.25. The Labute approximate surface area is 194 Å². The van der Waals surface area contributed by atoms with Crippen molar-refractivity contribution in [3.63, 3.8) is 0 Å². The number of amides is 2. The summed E-state index contributed by atoms with van der Waals surface area (Å²) in [6.45, 7) is 2.64. The summed E-state index contributed by atoms with van der Waals surface area (Å²) in [5.74, 6) is 0.703. The van der Waals surface area contributed by atoms with Crippen molar-refractivity contribution >= 4 is 11.7 Å². The first-order valence-electron chi connectivity index (χ1n) is 11.2. The van der Waals surface area contributed by atoms with Crippen LogP contribution in [0.4, 0.5) is 10.5 Å². The van der Waals surface area contributed by atoms with E-state index < -0.39 is 0 Å². The van der Waals surface area contributed by atoms with Crippen LogP contribution in [-0.2, 0) is 13.0 Å². The zero-order chi connectivity index (χ0) is 22.8. The van der Waals surface area contributed by atoms with E-state index in [4.69, 9.17) is 4.74 Å². The molecule has 1 aliphatic rings. The number of aryl methyl sites for hydroxylation is 1. The minimum absolute atomic E-state index is 0.155. The van der Waals surface area contributed by atoms with Crippen molar-refractivity contribution in [2.24, 2.45) is 0 Å². The number of hydrogen-bond donors (Lipinski definition) is 1. The van der Waals surface area contributed by atoms with Gasteiger partial charge in [-0.3, -0.25) is 0 Å². The third kappa shape index (κ3) is 3.98. The van der Waals surface area contributed by atoms with Crippen LogP contribution in [0.15, 0.2) is 91.1 Å². The number of hydrogen-bond acceptors (Lipinski definition) is 2. The minimum atomic E-state index is -0.232. The first-order chi connectivity index (χ1) is 16.2. The lowest BCUT2D eigenvalue weighted by molar-refractivity contribution is 0.194. The second-order valence-electron chi connectivity index (χ2n) is 8.22. The van der Waals surface area contributed by atoms with Gasteiger partial charge < -0.3 is 19.5 Å². The molecule has 0 bridgehead atoms. The molecule has 3 aromatic carbocycles. The van der Waals surface area contributed by atoms with Gasteiger partial charge in [-0.25, -0.2) is 4.79 Å². The Bertz CT molecular complexity index is 1280. The number of ether oxygens (including phenoxy) is 1. The van der Waals surface area contributed by atoms with Crippen molar-refractivity contribution in [1.29, 1.82) is 0 Å². The maximum absolute atomic E-state index is 13.7. The lowest BCUT2D eigenvalue weighted by Gasteiger charge is -2.31. The first kappa shape index (κ1) is 20.9. The number of carbonyl (C=O) groups is 1. The molecule has 2 heterocycles. The molecule has 0 saturated heterocycles. The van der Waals surface area contributed by atoms with Crippen LogP contribution in [0.3, 0.4) is 0 Å². The molecule has 0 radical (unpaired) electrons. The van der Waals surface area contributed by atoms with E-state index in [-0.39, 0.29) is 12.1 Å². The van der Waals surface area contributed by atoms with Crippen molar-refractivity contribution in [3.8, 4) is 11.4 Å². The number of carbonyl (C=O) groups excluding carboxylic acids is 1. The number of anilines is 1. The molecule has 5 nitrogen and oxygen atoms in total. The van der Waals surface area contributed by atoms with Crippen LogP contribution >= 0.6 is 0 Å². The summed E-state index contributed by atoms with van der Waals surface area (Å²) >= 11 is 0. The van der Waals surface area contributed by atoms with Gasteiger partial charge in [0.25, 0.3) is 0 Å². The molecule has 0 saturated carbocycles. The van der Waals surface area contributed by atoms with Gasteiger partial charge in [-0.05, 0) is 53.4 Å². The van der Waals surface area contributed by atoms with Crippen LogP contribution in [-0.4, -0.2) is 22.6 Å². The number of rotatable bonds is 4. The quantitative estimate of drug-likeness (QED) is 0.414. The fourth-order valence-corrected chi connectivity index (χ4v) is 4.52. The largest absolute Gasteiger partial charge is 0.497 e. The van der Waals surface area contributed by atoms with E-state index in [0.717, 1.165) is 28.9 Å². The number of para-hydroxylation sites is 1. The van der Waals surface area contributed by atoms with E-state index in [1.54, 1.807) is 7.11 Å². The molecule has 4 aromatic rings. The molecule has 0 spiro atoms. The molecule has 2 amide bonds. The van der Waals surface area contributed by atoms with Crippen molar-refractivity contribution in [2.75, 3.05) is 12.4 Å². The van der Waals surface area contributed by atoms with Gasteiger partial charge in [0.05, 0.1) is 25.4 Å². The number of methoxy groups -OCH3 is 1. The minimum Gasteiger partial charge on any atom is -0.497 e. The summed E-state index contributed by atoms with van der Waals surface area (Å²) in [6, 6.07) is 28.1. The summed E-state index contributed by atoms with van der Waals surface area (Å²) in [5.41, 5.74) is 6.32. The van der Waals surface area contributed by atoms with E-state index in [1.165, 1.54) is 5.56 Å². The Balaban J connectivity index is 1.60. The van der Waals surface area contributed by atoms with Gasteiger partial charge in [0.15, 0.2) is 0 Å². The molecule has 33 heavy (non-hydrogen) atoms. The van der Waals surface area contributed by atoms with E-state index in [2.05, 4.69) is 65.5 Å². The monoisotopic (exact) mass is 437 g/mol. The SMILES string of the molecule is CCc1ccc(C2c3cccn3-c3ccccc3CN2C(=O)Nc2cccc(OC)c2)cc1. The van der Waals surface area contributed by atoms with Gasteiger partial charge in [0.1, 0.15) is 5.75 Å². The van der Waals surface area contributed by atoms with Gasteiger partial charge in [0, 0.05) is 23.6 Å². The summed E-state index contributed by atoms with van der Waals surface area (Å²) in [7, 11) is 1.62. The molecule has 0 aliphatic carbocycles. The zero-order valence-electron chi connectivity index (χ0n) is 18.9. The summed E-state index contributed by atoms with van der Waals surface area (Å²) in [4.78, 5) is 15.6. The normalized spacial score (nSPS) is 14.7. The molecular weight excluding hydrogens is 410 g/mol. The van der Waals surface area contributed by atoms with E-state index >= 15 is 0 Å². The van der Waals surface area contributed by atoms with Crippen LogP contribution in [0.1, 0.15) is 35.3 Å². The van der Waals surface area contributed by atoms with E-state index in [9.17, 15) is 4.79 Å². The Kier molecular flexibility index (Phi) is 5.61. The van der Waals surface area contributed by atoms with Crippen LogP contribution in [0.25, 0.3) is 5.69 Å². The number of nitrogens with one attached hydrogen (secondary N) is 1. The van der Waals surface area contributed by atoms with Crippen LogP contribution in [0.2, 0.25) is 0 Å². The number of benzene rings is 3. The highest BCUT2D eigenvalue weighted by Gasteiger charge is 2.33. The molecule has 1 atom stereocenters. The van der Waals surface area contributed by atoms with Crippen LogP contribution < -0.4 is 10.1 Å². The van der Waals surface area contributed by atoms with Crippen molar-refractivity contribution in [1.82, 2.24) is 9.47 Å². The zero-order valence-corrected chi connectivity index (χ0v) is 18.9. The van der Waals surface area contributed by atoms with Gasteiger partial charge in [-0.2, -0.15) is 0 Å². The second-order valence-corrected chi connectivity index (χ2v) is 8.22. The van der Waals surface area contributed by atoms with Crippen molar-refractivity contribution in [2.45, 2.75) is 25.9 Å². The van der Waals surface area contributed by atoms with Crippen LogP contribution in [0, 0.1) is 0 Å². The highest BCUT2D eigenvalue weighted by Crippen LogP contribution is 2.37. The smallest absolute Gasteiger partial charge is 0.322 e. The van der Waals surface area contributed by atoms with Crippen molar-refractivity contribution in [3.05, 3.63) is 114 Å². The molecule has 0 fully saturated rings. The highest BCUT2D eigenvalue weighted by molar-refractivity contribution is 5.90. The summed E-state index contributed by atoms with van der Waals surface area (Å²) in [5, 5.41) is 3.09. The Morgan fingerprint density at radius 2 is 1.82 bits per heavy atom. The molecule has 1 aliphatic heterocycles. The predicted octanol–water partition coefficient (Wildman–Crippen LogP) is 6.19. The molecular formula is C28H27N3O2. The van der Waals surface area contributed by atoms with Gasteiger partial charge in [-0.15, -0.1) is 0 Å².